The van der Waals surface area contributed by atoms with Gasteiger partial charge >= 0.3 is 0 Å². The second-order valence-corrected chi connectivity index (χ2v) is 8.44. The van der Waals surface area contributed by atoms with Gasteiger partial charge in [0, 0.05) is 5.56 Å². The van der Waals surface area contributed by atoms with Crippen LogP contribution in [0.3, 0.4) is 0 Å². The summed E-state index contributed by atoms with van der Waals surface area (Å²) in [5, 5.41) is 7.54. The zero-order valence-electron chi connectivity index (χ0n) is 16.6. The standard InChI is InChI=1S/C24H24N2O3/c1-14(2)29-20-12-11-15-5-3-4-6-18(15)19(20)13-25-26-23(27)21-16-7-8-17(10-9-16)22(21)24(26)28/h3-8,11-14,16-17,21-22H,9-10H2,1-2H3. The van der Waals surface area contributed by atoms with Crippen LogP contribution in [0.1, 0.15) is 32.3 Å². The minimum absolute atomic E-state index is 0.00271. The highest BCUT2D eigenvalue weighted by Crippen LogP contribution is 2.49. The Hall–Kier alpha value is -2.95. The van der Waals surface area contributed by atoms with E-state index in [9.17, 15) is 9.59 Å². The smallest absolute Gasteiger partial charge is 0.254 e. The van der Waals surface area contributed by atoms with Gasteiger partial charge in [-0.3, -0.25) is 9.59 Å². The molecule has 1 aliphatic heterocycles. The van der Waals surface area contributed by atoms with Crippen molar-refractivity contribution in [2.45, 2.75) is 32.8 Å². The van der Waals surface area contributed by atoms with Crippen molar-refractivity contribution in [2.24, 2.45) is 28.8 Å². The number of imide groups is 1. The van der Waals surface area contributed by atoms with Gasteiger partial charge in [0.05, 0.1) is 24.2 Å². The van der Waals surface area contributed by atoms with E-state index in [0.717, 1.165) is 34.2 Å². The van der Waals surface area contributed by atoms with Crippen LogP contribution < -0.4 is 4.74 Å². The third-order valence-electron chi connectivity index (χ3n) is 6.33. The second kappa shape index (κ2) is 6.83. The largest absolute Gasteiger partial charge is 0.490 e. The number of hydrogen-bond donors (Lipinski definition) is 0. The van der Waals surface area contributed by atoms with E-state index >= 15 is 0 Å². The highest BCUT2D eigenvalue weighted by Gasteiger charge is 2.56. The van der Waals surface area contributed by atoms with E-state index in [-0.39, 0.29) is 41.6 Å². The number of hydrogen-bond acceptors (Lipinski definition) is 4. The molecule has 1 heterocycles. The van der Waals surface area contributed by atoms with Gasteiger partial charge < -0.3 is 4.74 Å². The highest BCUT2D eigenvalue weighted by molar-refractivity contribution is 6.08. The molecule has 5 heteroatoms. The first-order chi connectivity index (χ1) is 14.0. The normalized spacial score (nSPS) is 28.2. The molecule has 5 nitrogen and oxygen atoms in total. The summed E-state index contributed by atoms with van der Waals surface area (Å²) in [6.45, 7) is 3.94. The van der Waals surface area contributed by atoms with E-state index in [4.69, 9.17) is 4.74 Å². The lowest BCUT2D eigenvalue weighted by Crippen LogP contribution is -2.38. The number of carbonyl (C=O) groups excluding carboxylic acids is 2. The zero-order valence-corrected chi connectivity index (χ0v) is 16.6. The Kier molecular flexibility index (Phi) is 4.26. The van der Waals surface area contributed by atoms with Gasteiger partial charge in [-0.1, -0.05) is 42.5 Å². The summed E-state index contributed by atoms with van der Waals surface area (Å²) in [6.07, 6.45) is 7.81. The maximum absolute atomic E-state index is 13.0. The van der Waals surface area contributed by atoms with E-state index in [2.05, 4.69) is 17.3 Å². The Labute approximate surface area is 170 Å². The molecule has 29 heavy (non-hydrogen) atoms. The number of allylic oxidation sites excluding steroid dienone is 2. The Morgan fingerprint density at radius 3 is 2.28 bits per heavy atom. The monoisotopic (exact) mass is 388 g/mol. The minimum Gasteiger partial charge on any atom is -0.490 e. The van der Waals surface area contributed by atoms with Crippen molar-refractivity contribution < 1.29 is 14.3 Å². The van der Waals surface area contributed by atoms with Crippen LogP contribution in [0.4, 0.5) is 0 Å². The Morgan fingerprint density at radius 1 is 1.00 bits per heavy atom. The Balaban J connectivity index is 1.53. The van der Waals surface area contributed by atoms with Crippen LogP contribution >= 0.6 is 0 Å². The predicted octanol–water partition coefficient (Wildman–Crippen LogP) is 4.16. The van der Waals surface area contributed by atoms with Crippen molar-refractivity contribution in [3.63, 3.8) is 0 Å². The number of benzene rings is 2. The fourth-order valence-corrected chi connectivity index (χ4v) is 5.05. The molecule has 0 N–H and O–H groups in total. The van der Waals surface area contributed by atoms with Gasteiger partial charge in [-0.25, -0.2) is 0 Å². The number of nitrogens with zero attached hydrogens (tertiary/aromatic N) is 2. The van der Waals surface area contributed by atoms with E-state index in [1.165, 1.54) is 0 Å². The number of ether oxygens (including phenoxy) is 1. The van der Waals surface area contributed by atoms with Crippen molar-refractivity contribution in [1.29, 1.82) is 0 Å². The summed E-state index contributed by atoms with van der Waals surface area (Å²) in [5.41, 5.74) is 0.786. The molecular weight excluding hydrogens is 364 g/mol. The van der Waals surface area contributed by atoms with E-state index in [1.807, 2.05) is 50.2 Å². The number of carbonyl (C=O) groups is 2. The molecule has 0 spiro atoms. The van der Waals surface area contributed by atoms with E-state index < -0.39 is 0 Å². The molecule has 1 saturated heterocycles. The quantitative estimate of drug-likeness (QED) is 0.449. The second-order valence-electron chi connectivity index (χ2n) is 8.44. The lowest BCUT2D eigenvalue weighted by Gasteiger charge is -2.37. The first kappa shape index (κ1) is 18.1. The van der Waals surface area contributed by atoms with Gasteiger partial charge in [0.2, 0.25) is 0 Å². The molecule has 6 rings (SSSR count). The number of amides is 2. The minimum atomic E-state index is -0.248. The molecule has 0 radical (unpaired) electrons. The molecular formula is C24H24N2O3. The van der Waals surface area contributed by atoms with Crippen LogP contribution in [0.5, 0.6) is 5.75 Å². The van der Waals surface area contributed by atoms with Gasteiger partial charge in [0.25, 0.3) is 11.8 Å². The third-order valence-corrected chi connectivity index (χ3v) is 6.33. The van der Waals surface area contributed by atoms with E-state index in [0.29, 0.717) is 5.75 Å². The average Bonchev–Trinajstić information content (AvgIpc) is 3.00. The average molecular weight is 388 g/mol. The van der Waals surface area contributed by atoms with Crippen molar-refractivity contribution in [1.82, 2.24) is 5.01 Å². The lowest BCUT2D eigenvalue weighted by atomic mass is 9.63. The predicted molar refractivity (Wildman–Crippen MR) is 111 cm³/mol. The van der Waals surface area contributed by atoms with Crippen molar-refractivity contribution >= 4 is 28.8 Å². The maximum atomic E-state index is 13.0. The highest BCUT2D eigenvalue weighted by atomic mass is 16.5. The van der Waals surface area contributed by atoms with Crippen LogP contribution in [0.2, 0.25) is 0 Å². The molecule has 1 saturated carbocycles. The molecule has 4 unspecified atom stereocenters. The molecule has 2 aromatic rings. The number of hydrazone groups is 1. The van der Waals surface area contributed by atoms with Gasteiger partial charge in [-0.05, 0) is 55.4 Å². The van der Waals surface area contributed by atoms with Gasteiger partial charge in [0.15, 0.2) is 0 Å². The first-order valence-corrected chi connectivity index (χ1v) is 10.3. The summed E-state index contributed by atoms with van der Waals surface area (Å²) in [5.74, 6) is 0.201. The van der Waals surface area contributed by atoms with Gasteiger partial charge in [0.1, 0.15) is 5.75 Å². The first-order valence-electron chi connectivity index (χ1n) is 10.3. The summed E-state index contributed by atoms with van der Waals surface area (Å²) in [7, 11) is 0. The zero-order chi connectivity index (χ0) is 20.1. The number of rotatable bonds is 4. The topological polar surface area (TPSA) is 59.0 Å². The van der Waals surface area contributed by atoms with Crippen LogP contribution in [-0.4, -0.2) is 29.1 Å². The van der Waals surface area contributed by atoms with Crippen LogP contribution in [0.25, 0.3) is 10.8 Å². The van der Waals surface area contributed by atoms with Crippen molar-refractivity contribution in [2.75, 3.05) is 0 Å². The van der Waals surface area contributed by atoms with Crippen LogP contribution in [0.15, 0.2) is 53.7 Å². The van der Waals surface area contributed by atoms with E-state index in [1.54, 1.807) is 6.21 Å². The SMILES string of the molecule is CC(C)Oc1ccc2ccccc2c1C=NN1C(=O)C2C3C=CC(CC3)C2C1=O. The molecule has 4 atom stereocenters. The molecule has 4 aliphatic rings. The summed E-state index contributed by atoms with van der Waals surface area (Å²) < 4.78 is 5.97. The van der Waals surface area contributed by atoms with Crippen molar-refractivity contribution in [3.8, 4) is 5.75 Å². The van der Waals surface area contributed by atoms with Gasteiger partial charge in [-0.2, -0.15) is 10.1 Å². The molecule has 3 aliphatic carbocycles. The summed E-state index contributed by atoms with van der Waals surface area (Å²) in [4.78, 5) is 26.0. The Morgan fingerprint density at radius 2 is 1.66 bits per heavy atom. The van der Waals surface area contributed by atoms with Crippen LogP contribution in [0, 0.1) is 23.7 Å². The van der Waals surface area contributed by atoms with Crippen LogP contribution in [-0.2, 0) is 9.59 Å². The summed E-state index contributed by atoms with van der Waals surface area (Å²) in [6, 6.07) is 11.9. The maximum Gasteiger partial charge on any atom is 0.254 e. The molecule has 2 aromatic carbocycles. The lowest BCUT2D eigenvalue weighted by molar-refractivity contribution is -0.140. The molecule has 148 valence electrons. The number of fused-ring (bicyclic) bond motifs is 2. The third kappa shape index (κ3) is 2.87. The molecule has 2 fully saturated rings. The molecule has 2 amide bonds. The summed E-state index contributed by atoms with van der Waals surface area (Å²) >= 11 is 0. The Bertz CT molecular complexity index is 1020. The molecule has 2 bridgehead atoms. The molecule has 0 aromatic heterocycles. The fraction of sp³-hybridized carbons (Fsp3) is 0.375. The fourth-order valence-electron chi connectivity index (χ4n) is 5.05. The van der Waals surface area contributed by atoms with Crippen molar-refractivity contribution in [3.05, 3.63) is 54.1 Å². The van der Waals surface area contributed by atoms with Gasteiger partial charge in [-0.15, -0.1) is 0 Å².